The maximum Gasteiger partial charge on any atom is 0.269 e. The SMILES string of the molecule is O=C(CN1CCN(c2ccc([N+](=O)[O-])cc2)CC1)NC1CCCC1. The molecular weight excluding hydrogens is 308 g/mol. The Morgan fingerprint density at radius 3 is 2.33 bits per heavy atom. The van der Waals surface area contributed by atoms with E-state index >= 15 is 0 Å². The Labute approximate surface area is 141 Å². The zero-order chi connectivity index (χ0) is 16.9. The van der Waals surface area contributed by atoms with Crippen molar-refractivity contribution in [1.29, 1.82) is 0 Å². The van der Waals surface area contributed by atoms with Crippen LogP contribution in [-0.4, -0.2) is 54.5 Å². The first-order chi connectivity index (χ1) is 11.6. The maximum atomic E-state index is 12.1. The highest BCUT2D eigenvalue weighted by atomic mass is 16.6. The topological polar surface area (TPSA) is 78.7 Å². The van der Waals surface area contributed by atoms with Crippen molar-refractivity contribution < 1.29 is 9.72 Å². The lowest BCUT2D eigenvalue weighted by atomic mass is 10.2. The van der Waals surface area contributed by atoms with Crippen molar-refractivity contribution in [2.75, 3.05) is 37.6 Å². The van der Waals surface area contributed by atoms with Crippen molar-refractivity contribution in [2.45, 2.75) is 31.7 Å². The Balaban J connectivity index is 1.45. The number of piperazine rings is 1. The lowest BCUT2D eigenvalue weighted by Gasteiger charge is -2.35. The van der Waals surface area contributed by atoms with Gasteiger partial charge in [-0.05, 0) is 25.0 Å². The Kier molecular flexibility index (Phi) is 5.30. The fraction of sp³-hybridized carbons (Fsp3) is 0.588. The molecule has 1 aliphatic heterocycles. The monoisotopic (exact) mass is 332 g/mol. The molecule has 0 aromatic heterocycles. The van der Waals surface area contributed by atoms with E-state index in [2.05, 4.69) is 15.1 Å². The Morgan fingerprint density at radius 2 is 1.75 bits per heavy atom. The zero-order valence-corrected chi connectivity index (χ0v) is 13.8. The normalized spacial score (nSPS) is 19.4. The number of nitrogens with zero attached hydrogens (tertiary/aromatic N) is 3. The lowest BCUT2D eigenvalue weighted by molar-refractivity contribution is -0.384. The third-order valence-electron chi connectivity index (χ3n) is 4.89. The highest BCUT2D eigenvalue weighted by Gasteiger charge is 2.22. The molecule has 0 spiro atoms. The van der Waals surface area contributed by atoms with Gasteiger partial charge in [0.1, 0.15) is 0 Å². The van der Waals surface area contributed by atoms with Crippen LogP contribution in [0.25, 0.3) is 0 Å². The van der Waals surface area contributed by atoms with Crippen LogP contribution in [0.1, 0.15) is 25.7 Å². The van der Waals surface area contributed by atoms with Gasteiger partial charge in [0.15, 0.2) is 0 Å². The highest BCUT2D eigenvalue weighted by Crippen LogP contribution is 2.21. The number of carbonyl (C=O) groups excluding carboxylic acids is 1. The summed E-state index contributed by atoms with van der Waals surface area (Å²) in [6, 6.07) is 7.04. The van der Waals surface area contributed by atoms with Crippen molar-refractivity contribution in [3.8, 4) is 0 Å². The molecule has 2 aliphatic rings. The minimum absolute atomic E-state index is 0.112. The molecule has 2 fully saturated rings. The van der Waals surface area contributed by atoms with Crippen molar-refractivity contribution in [1.82, 2.24) is 10.2 Å². The molecule has 1 aromatic rings. The zero-order valence-electron chi connectivity index (χ0n) is 13.8. The van der Waals surface area contributed by atoms with E-state index in [-0.39, 0.29) is 16.5 Å². The molecule has 1 aromatic carbocycles. The second kappa shape index (κ2) is 7.61. The number of benzene rings is 1. The summed E-state index contributed by atoms with van der Waals surface area (Å²) in [5, 5.41) is 13.8. The summed E-state index contributed by atoms with van der Waals surface area (Å²) in [4.78, 5) is 26.8. The van der Waals surface area contributed by atoms with E-state index in [1.165, 1.54) is 25.0 Å². The van der Waals surface area contributed by atoms with Crippen LogP contribution in [0.4, 0.5) is 11.4 Å². The number of rotatable bonds is 5. The van der Waals surface area contributed by atoms with Gasteiger partial charge in [0, 0.05) is 50.0 Å². The van der Waals surface area contributed by atoms with E-state index < -0.39 is 0 Å². The molecule has 0 atom stereocenters. The van der Waals surface area contributed by atoms with Gasteiger partial charge in [-0.15, -0.1) is 0 Å². The lowest BCUT2D eigenvalue weighted by Crippen LogP contribution is -2.50. The number of anilines is 1. The van der Waals surface area contributed by atoms with E-state index in [0.717, 1.165) is 44.7 Å². The van der Waals surface area contributed by atoms with Gasteiger partial charge < -0.3 is 10.2 Å². The Bertz CT molecular complexity index is 576. The number of nitro groups is 1. The molecule has 1 saturated heterocycles. The molecule has 0 bridgehead atoms. The molecule has 3 rings (SSSR count). The van der Waals surface area contributed by atoms with Crippen LogP contribution in [0.2, 0.25) is 0 Å². The molecule has 1 heterocycles. The van der Waals surface area contributed by atoms with Gasteiger partial charge in [0.2, 0.25) is 5.91 Å². The first-order valence-corrected chi connectivity index (χ1v) is 8.63. The average molecular weight is 332 g/mol. The molecule has 1 aliphatic carbocycles. The van der Waals surface area contributed by atoms with Crippen LogP contribution >= 0.6 is 0 Å². The summed E-state index contributed by atoms with van der Waals surface area (Å²) in [6.07, 6.45) is 4.66. The molecule has 7 heteroatoms. The van der Waals surface area contributed by atoms with E-state index in [9.17, 15) is 14.9 Å². The van der Waals surface area contributed by atoms with Crippen LogP contribution < -0.4 is 10.2 Å². The molecule has 7 nitrogen and oxygen atoms in total. The maximum absolute atomic E-state index is 12.1. The summed E-state index contributed by atoms with van der Waals surface area (Å²) < 4.78 is 0. The standard InChI is InChI=1S/C17H24N4O3/c22-17(18-14-3-1-2-4-14)13-19-9-11-20(12-10-19)15-5-7-16(8-6-15)21(23)24/h5-8,14H,1-4,9-13H2,(H,18,22). The van der Waals surface area contributed by atoms with Gasteiger partial charge in [0.05, 0.1) is 11.5 Å². The van der Waals surface area contributed by atoms with Crippen molar-refractivity contribution in [2.24, 2.45) is 0 Å². The summed E-state index contributed by atoms with van der Waals surface area (Å²) in [5.41, 5.74) is 1.11. The molecular formula is C17H24N4O3. The van der Waals surface area contributed by atoms with Crippen LogP contribution in [0.3, 0.4) is 0 Å². The van der Waals surface area contributed by atoms with E-state index in [0.29, 0.717) is 12.6 Å². The second-order valence-electron chi connectivity index (χ2n) is 6.59. The second-order valence-corrected chi connectivity index (χ2v) is 6.59. The predicted molar refractivity (Wildman–Crippen MR) is 92.1 cm³/mol. The van der Waals surface area contributed by atoms with Gasteiger partial charge in [-0.3, -0.25) is 19.8 Å². The van der Waals surface area contributed by atoms with Crippen molar-refractivity contribution in [3.63, 3.8) is 0 Å². The fourth-order valence-corrected chi connectivity index (χ4v) is 3.50. The van der Waals surface area contributed by atoms with Crippen molar-refractivity contribution in [3.05, 3.63) is 34.4 Å². The van der Waals surface area contributed by atoms with E-state index in [4.69, 9.17) is 0 Å². The number of amides is 1. The van der Waals surface area contributed by atoms with E-state index in [1.54, 1.807) is 12.1 Å². The number of non-ortho nitro benzene ring substituents is 1. The number of hydrogen-bond acceptors (Lipinski definition) is 5. The van der Waals surface area contributed by atoms with Gasteiger partial charge in [0.25, 0.3) is 5.69 Å². The fourth-order valence-electron chi connectivity index (χ4n) is 3.50. The largest absolute Gasteiger partial charge is 0.369 e. The van der Waals surface area contributed by atoms with Crippen molar-refractivity contribution >= 4 is 17.3 Å². The van der Waals surface area contributed by atoms with Gasteiger partial charge >= 0.3 is 0 Å². The van der Waals surface area contributed by atoms with Crippen LogP contribution in [0.15, 0.2) is 24.3 Å². The molecule has 130 valence electrons. The van der Waals surface area contributed by atoms with Crippen LogP contribution in [0, 0.1) is 10.1 Å². The average Bonchev–Trinajstić information content (AvgIpc) is 3.08. The third-order valence-corrected chi connectivity index (χ3v) is 4.89. The summed E-state index contributed by atoms with van der Waals surface area (Å²) in [6.45, 7) is 3.78. The molecule has 0 unspecified atom stereocenters. The molecule has 1 saturated carbocycles. The summed E-state index contributed by atoms with van der Waals surface area (Å²) >= 11 is 0. The number of carbonyl (C=O) groups is 1. The highest BCUT2D eigenvalue weighted by molar-refractivity contribution is 5.78. The van der Waals surface area contributed by atoms with Crippen LogP contribution in [-0.2, 0) is 4.79 Å². The summed E-state index contributed by atoms with van der Waals surface area (Å²) in [7, 11) is 0. The van der Waals surface area contributed by atoms with Crippen LogP contribution in [0.5, 0.6) is 0 Å². The number of nitrogens with one attached hydrogen (secondary N) is 1. The first kappa shape index (κ1) is 16.7. The number of nitro benzene ring substituents is 1. The minimum Gasteiger partial charge on any atom is -0.369 e. The first-order valence-electron chi connectivity index (χ1n) is 8.63. The molecule has 1 amide bonds. The summed E-state index contributed by atoms with van der Waals surface area (Å²) in [5.74, 6) is 0.130. The molecule has 24 heavy (non-hydrogen) atoms. The quantitative estimate of drug-likeness (QED) is 0.657. The number of hydrogen-bond donors (Lipinski definition) is 1. The van der Waals surface area contributed by atoms with Gasteiger partial charge in [-0.1, -0.05) is 12.8 Å². The van der Waals surface area contributed by atoms with E-state index in [1.807, 2.05) is 0 Å². The predicted octanol–water partition coefficient (Wildman–Crippen LogP) is 1.78. The smallest absolute Gasteiger partial charge is 0.269 e. The van der Waals surface area contributed by atoms with Gasteiger partial charge in [-0.2, -0.15) is 0 Å². The Hall–Kier alpha value is -2.15. The molecule has 1 N–H and O–H groups in total. The third kappa shape index (κ3) is 4.23. The molecule has 0 radical (unpaired) electrons. The van der Waals surface area contributed by atoms with Gasteiger partial charge in [-0.25, -0.2) is 0 Å². The Morgan fingerprint density at radius 1 is 1.12 bits per heavy atom. The minimum atomic E-state index is -0.384.